The highest BCUT2D eigenvalue weighted by molar-refractivity contribution is 6.43. The van der Waals surface area contributed by atoms with Crippen molar-refractivity contribution >= 4 is 7.12 Å². The highest BCUT2D eigenvalue weighted by Gasteiger charge is 2.37. The van der Waals surface area contributed by atoms with Gasteiger partial charge in [0, 0.05) is 49.9 Å². The van der Waals surface area contributed by atoms with E-state index in [2.05, 4.69) is 11.1 Å². The molecule has 2 aliphatic heterocycles. The van der Waals surface area contributed by atoms with E-state index in [1.165, 1.54) is 0 Å². The van der Waals surface area contributed by atoms with Crippen LogP contribution in [0.5, 0.6) is 17.2 Å². The number of pyridine rings is 1. The number of aromatic nitrogens is 1. The largest absolute Gasteiger partial charge is 0.493 e. The second kappa shape index (κ2) is 5.93. The molecule has 1 N–H and O–H groups in total. The summed E-state index contributed by atoms with van der Waals surface area (Å²) in [5.41, 5.74) is 2.87. The molecule has 0 amide bonds. The zero-order valence-corrected chi connectivity index (χ0v) is 14.5. The fraction of sp³-hybridized carbons (Fsp3) is 0.389. The van der Waals surface area contributed by atoms with Gasteiger partial charge in [-0.2, -0.15) is 0 Å². The summed E-state index contributed by atoms with van der Waals surface area (Å²) in [5.74, 6) is 1.30. The highest BCUT2D eigenvalue weighted by atomic mass is 16.7. The van der Waals surface area contributed by atoms with Crippen LogP contribution in [0.4, 0.5) is 0 Å². The van der Waals surface area contributed by atoms with E-state index in [-0.39, 0.29) is 5.92 Å². The van der Waals surface area contributed by atoms with Gasteiger partial charge in [0.05, 0.1) is 7.11 Å². The SMILES string of the molecule is COc1ccc(-c2cncc(C3COB(O)C3)c2)c2c1OC(C)(C)O2. The number of rotatable bonds is 3. The first-order chi connectivity index (χ1) is 12.0. The van der Waals surface area contributed by atoms with Crippen LogP contribution in [0, 0.1) is 0 Å². The molecule has 1 atom stereocenters. The summed E-state index contributed by atoms with van der Waals surface area (Å²) in [6, 6.07) is 5.88. The maximum absolute atomic E-state index is 9.60. The minimum absolute atomic E-state index is 0.141. The molecule has 1 aromatic heterocycles. The Labute approximate surface area is 146 Å². The molecule has 7 heteroatoms. The first-order valence-electron chi connectivity index (χ1n) is 8.31. The third kappa shape index (κ3) is 2.94. The van der Waals surface area contributed by atoms with Gasteiger partial charge >= 0.3 is 7.12 Å². The van der Waals surface area contributed by atoms with Gasteiger partial charge in [-0.25, -0.2) is 0 Å². The Morgan fingerprint density at radius 1 is 1.24 bits per heavy atom. The van der Waals surface area contributed by atoms with Crippen molar-refractivity contribution < 1.29 is 23.9 Å². The van der Waals surface area contributed by atoms with Crippen LogP contribution in [0.25, 0.3) is 11.1 Å². The second-order valence-electron chi connectivity index (χ2n) is 6.81. The molecule has 0 bridgehead atoms. The summed E-state index contributed by atoms with van der Waals surface area (Å²) in [5, 5.41) is 9.60. The lowest BCUT2D eigenvalue weighted by molar-refractivity contribution is -0.0437. The summed E-state index contributed by atoms with van der Waals surface area (Å²) in [6.07, 6.45) is 4.20. The van der Waals surface area contributed by atoms with Crippen LogP contribution in [-0.2, 0) is 4.65 Å². The molecule has 1 fully saturated rings. The molecule has 0 radical (unpaired) electrons. The molecule has 1 unspecified atom stereocenters. The maximum Gasteiger partial charge on any atom is 0.454 e. The molecule has 25 heavy (non-hydrogen) atoms. The van der Waals surface area contributed by atoms with Crippen LogP contribution >= 0.6 is 0 Å². The van der Waals surface area contributed by atoms with Gasteiger partial charge in [0.1, 0.15) is 0 Å². The van der Waals surface area contributed by atoms with Crippen molar-refractivity contribution in [2.45, 2.75) is 31.9 Å². The molecular weight excluding hydrogens is 321 g/mol. The number of nitrogens with zero attached hydrogens (tertiary/aromatic N) is 1. The van der Waals surface area contributed by atoms with Gasteiger partial charge in [0.15, 0.2) is 11.5 Å². The van der Waals surface area contributed by atoms with Crippen molar-refractivity contribution in [3.8, 4) is 28.4 Å². The van der Waals surface area contributed by atoms with E-state index in [9.17, 15) is 5.02 Å². The molecule has 4 rings (SSSR count). The zero-order valence-electron chi connectivity index (χ0n) is 14.5. The zero-order chi connectivity index (χ0) is 17.6. The lowest BCUT2D eigenvalue weighted by atomic mass is 9.80. The summed E-state index contributed by atoms with van der Waals surface area (Å²) in [7, 11) is 0.911. The molecule has 6 nitrogen and oxygen atoms in total. The van der Waals surface area contributed by atoms with Gasteiger partial charge in [-0.15, -0.1) is 0 Å². The average molecular weight is 341 g/mol. The van der Waals surface area contributed by atoms with E-state index >= 15 is 0 Å². The van der Waals surface area contributed by atoms with E-state index in [0.29, 0.717) is 30.2 Å². The van der Waals surface area contributed by atoms with Crippen molar-refractivity contribution in [2.24, 2.45) is 0 Å². The van der Waals surface area contributed by atoms with E-state index in [1.807, 2.05) is 32.2 Å². The predicted octanol–water partition coefficient (Wildman–Crippen LogP) is 2.86. The van der Waals surface area contributed by atoms with E-state index in [4.69, 9.17) is 18.9 Å². The number of fused-ring (bicyclic) bond motifs is 1. The molecule has 1 aromatic carbocycles. The second-order valence-corrected chi connectivity index (χ2v) is 6.81. The van der Waals surface area contributed by atoms with Crippen molar-refractivity contribution in [3.63, 3.8) is 0 Å². The predicted molar refractivity (Wildman–Crippen MR) is 93.0 cm³/mol. The Bertz CT molecular complexity index is 810. The Balaban J connectivity index is 1.75. The molecule has 2 aliphatic rings. The van der Waals surface area contributed by atoms with Crippen molar-refractivity contribution in [1.82, 2.24) is 4.98 Å². The topological polar surface area (TPSA) is 70.0 Å². The van der Waals surface area contributed by atoms with Gasteiger partial charge in [-0.3, -0.25) is 4.98 Å². The quantitative estimate of drug-likeness (QED) is 0.866. The van der Waals surface area contributed by atoms with Crippen molar-refractivity contribution in [3.05, 3.63) is 36.2 Å². The third-order valence-electron chi connectivity index (χ3n) is 4.51. The van der Waals surface area contributed by atoms with E-state index < -0.39 is 12.9 Å². The van der Waals surface area contributed by atoms with Crippen LogP contribution in [-0.4, -0.2) is 36.6 Å². The summed E-state index contributed by atoms with van der Waals surface area (Å²) >= 11 is 0. The monoisotopic (exact) mass is 341 g/mol. The van der Waals surface area contributed by atoms with Gasteiger partial charge in [0.25, 0.3) is 0 Å². The Morgan fingerprint density at radius 2 is 2.04 bits per heavy atom. The number of hydrogen-bond donors (Lipinski definition) is 1. The normalized spacial score (nSPS) is 20.8. The van der Waals surface area contributed by atoms with Gasteiger partial charge in [-0.1, -0.05) is 0 Å². The standard InChI is InChI=1S/C18H20BNO5/c1-18(2)24-16-14(4-5-15(22-3)17(16)25-18)12-6-11(8-20-9-12)13-7-19(21)23-10-13/h4-6,8-9,13,21H,7,10H2,1-3H3. The van der Waals surface area contributed by atoms with Crippen molar-refractivity contribution in [2.75, 3.05) is 13.7 Å². The smallest absolute Gasteiger partial charge is 0.454 e. The van der Waals surface area contributed by atoms with E-state index in [1.54, 1.807) is 13.3 Å². The Kier molecular flexibility index (Phi) is 3.85. The molecule has 3 heterocycles. The fourth-order valence-electron chi connectivity index (χ4n) is 3.31. The Morgan fingerprint density at radius 3 is 2.76 bits per heavy atom. The summed E-state index contributed by atoms with van der Waals surface area (Å²) in [4.78, 5) is 4.37. The van der Waals surface area contributed by atoms with Crippen LogP contribution in [0.3, 0.4) is 0 Å². The van der Waals surface area contributed by atoms with Gasteiger partial charge < -0.3 is 23.9 Å². The van der Waals surface area contributed by atoms with Gasteiger partial charge in [0.2, 0.25) is 11.5 Å². The molecule has 130 valence electrons. The molecule has 1 saturated heterocycles. The molecule has 0 spiro atoms. The molecule has 0 saturated carbocycles. The number of methoxy groups -OCH3 is 1. The number of ether oxygens (including phenoxy) is 3. The summed E-state index contributed by atoms with van der Waals surface area (Å²) < 4.78 is 22.6. The average Bonchev–Trinajstić information content (AvgIpc) is 3.16. The molecule has 2 aromatic rings. The lowest BCUT2D eigenvalue weighted by Crippen LogP contribution is -2.29. The van der Waals surface area contributed by atoms with Crippen LogP contribution in [0.1, 0.15) is 25.3 Å². The fourth-order valence-corrected chi connectivity index (χ4v) is 3.31. The summed E-state index contributed by atoms with van der Waals surface area (Å²) in [6.45, 7) is 4.23. The molecule has 0 aliphatic carbocycles. The third-order valence-corrected chi connectivity index (χ3v) is 4.51. The minimum Gasteiger partial charge on any atom is -0.493 e. The van der Waals surface area contributed by atoms with Crippen LogP contribution in [0.2, 0.25) is 6.32 Å². The van der Waals surface area contributed by atoms with E-state index in [0.717, 1.165) is 16.7 Å². The first-order valence-corrected chi connectivity index (χ1v) is 8.31. The number of benzene rings is 1. The van der Waals surface area contributed by atoms with Gasteiger partial charge in [-0.05, 0) is 30.1 Å². The Hall–Kier alpha value is -2.25. The minimum atomic E-state index is -0.750. The van der Waals surface area contributed by atoms with Crippen LogP contribution in [0.15, 0.2) is 30.6 Å². The van der Waals surface area contributed by atoms with Crippen molar-refractivity contribution in [1.29, 1.82) is 0 Å². The maximum atomic E-state index is 9.60. The highest BCUT2D eigenvalue weighted by Crippen LogP contribution is 2.51. The van der Waals surface area contributed by atoms with Crippen LogP contribution < -0.4 is 14.2 Å². The molecular formula is C18H20BNO5. The number of hydrogen-bond acceptors (Lipinski definition) is 6. The lowest BCUT2D eigenvalue weighted by Gasteiger charge is -2.17. The first kappa shape index (κ1) is 16.2.